The molecule has 1 atom stereocenters. The van der Waals surface area contributed by atoms with Crippen molar-refractivity contribution in [3.05, 3.63) is 48.7 Å². The summed E-state index contributed by atoms with van der Waals surface area (Å²) >= 11 is 0. The van der Waals surface area contributed by atoms with E-state index >= 15 is 0 Å². The highest BCUT2D eigenvalue weighted by molar-refractivity contribution is 5.39. The maximum Gasteiger partial charge on any atom is 0.161 e. The van der Waals surface area contributed by atoms with E-state index in [0.29, 0.717) is 6.54 Å². The van der Waals surface area contributed by atoms with Crippen molar-refractivity contribution < 1.29 is 9.47 Å². The number of benzene rings is 1. The molecule has 2 aromatic rings. The molecule has 100 valence electrons. The van der Waals surface area contributed by atoms with E-state index in [-0.39, 0.29) is 6.10 Å². The number of para-hydroxylation sites is 2. The third-order valence-corrected chi connectivity index (χ3v) is 2.63. The third-order valence-electron chi connectivity index (χ3n) is 2.63. The van der Waals surface area contributed by atoms with E-state index in [1.807, 2.05) is 49.4 Å². The zero-order valence-electron chi connectivity index (χ0n) is 11.2. The van der Waals surface area contributed by atoms with Crippen LogP contribution >= 0.6 is 0 Å². The van der Waals surface area contributed by atoms with E-state index in [4.69, 9.17) is 9.47 Å². The Hall–Kier alpha value is -2.23. The molecule has 0 radical (unpaired) electrons. The summed E-state index contributed by atoms with van der Waals surface area (Å²) in [4.78, 5) is 4.20. The molecular weight excluding hydrogens is 240 g/mol. The van der Waals surface area contributed by atoms with Crippen LogP contribution in [0.4, 0.5) is 5.82 Å². The van der Waals surface area contributed by atoms with Crippen molar-refractivity contribution >= 4 is 5.82 Å². The lowest BCUT2D eigenvalue weighted by molar-refractivity contribution is 0.223. The molecule has 1 aromatic heterocycles. The van der Waals surface area contributed by atoms with Gasteiger partial charge in [-0.3, -0.25) is 0 Å². The second-order valence-corrected chi connectivity index (χ2v) is 4.18. The van der Waals surface area contributed by atoms with E-state index < -0.39 is 0 Å². The fraction of sp³-hybridized carbons (Fsp3) is 0.267. The molecule has 0 fully saturated rings. The van der Waals surface area contributed by atoms with Crippen LogP contribution in [0.25, 0.3) is 0 Å². The van der Waals surface area contributed by atoms with Crippen LogP contribution in [-0.4, -0.2) is 24.7 Å². The maximum absolute atomic E-state index is 5.84. The highest BCUT2D eigenvalue weighted by Crippen LogP contribution is 2.26. The molecular formula is C15H18N2O2. The number of aromatic nitrogens is 1. The number of methoxy groups -OCH3 is 1. The van der Waals surface area contributed by atoms with Gasteiger partial charge in [0, 0.05) is 6.20 Å². The maximum atomic E-state index is 5.84. The fourth-order valence-corrected chi connectivity index (χ4v) is 1.69. The Balaban J connectivity index is 1.89. The standard InChI is InChI=1S/C15H18N2O2/c1-12(11-17-15-9-5-6-10-16-15)19-14-8-4-3-7-13(14)18-2/h3-10,12H,11H2,1-2H3,(H,16,17)/t12-/m1/s1. The van der Waals surface area contributed by atoms with Gasteiger partial charge < -0.3 is 14.8 Å². The van der Waals surface area contributed by atoms with Gasteiger partial charge in [0.15, 0.2) is 11.5 Å². The number of nitrogens with one attached hydrogen (secondary N) is 1. The summed E-state index contributed by atoms with van der Waals surface area (Å²) in [6.45, 7) is 2.68. The van der Waals surface area contributed by atoms with E-state index in [1.54, 1.807) is 13.3 Å². The third kappa shape index (κ3) is 3.88. The first-order chi connectivity index (χ1) is 9.29. The smallest absolute Gasteiger partial charge is 0.161 e. The average molecular weight is 258 g/mol. The Morgan fingerprint density at radius 1 is 1.11 bits per heavy atom. The van der Waals surface area contributed by atoms with Gasteiger partial charge in [0.25, 0.3) is 0 Å². The topological polar surface area (TPSA) is 43.4 Å². The largest absolute Gasteiger partial charge is 0.493 e. The normalized spacial score (nSPS) is 11.7. The first-order valence-corrected chi connectivity index (χ1v) is 6.24. The van der Waals surface area contributed by atoms with Gasteiger partial charge in [0.1, 0.15) is 11.9 Å². The number of pyridine rings is 1. The van der Waals surface area contributed by atoms with Crippen molar-refractivity contribution in [3.63, 3.8) is 0 Å². The summed E-state index contributed by atoms with van der Waals surface area (Å²) < 4.78 is 11.1. The molecule has 0 bridgehead atoms. The molecule has 0 aliphatic rings. The van der Waals surface area contributed by atoms with Crippen molar-refractivity contribution in [1.82, 2.24) is 4.98 Å². The zero-order valence-corrected chi connectivity index (χ0v) is 11.2. The minimum Gasteiger partial charge on any atom is -0.493 e. The summed E-state index contributed by atoms with van der Waals surface area (Å²) in [5, 5.41) is 3.23. The number of hydrogen-bond donors (Lipinski definition) is 1. The molecule has 1 heterocycles. The van der Waals surface area contributed by atoms with Gasteiger partial charge in [-0.05, 0) is 31.2 Å². The minimum absolute atomic E-state index is 0.0123. The number of rotatable bonds is 6. The molecule has 4 heteroatoms. The molecule has 1 N–H and O–H groups in total. The number of anilines is 1. The average Bonchev–Trinajstić information content (AvgIpc) is 2.47. The first-order valence-electron chi connectivity index (χ1n) is 6.24. The van der Waals surface area contributed by atoms with E-state index in [9.17, 15) is 0 Å². The van der Waals surface area contributed by atoms with Gasteiger partial charge in [0.2, 0.25) is 0 Å². The molecule has 0 aliphatic heterocycles. The summed E-state index contributed by atoms with van der Waals surface area (Å²) in [5.41, 5.74) is 0. The number of ether oxygens (including phenoxy) is 2. The molecule has 2 rings (SSSR count). The first kappa shape index (κ1) is 13.2. The second-order valence-electron chi connectivity index (χ2n) is 4.18. The van der Waals surface area contributed by atoms with Crippen LogP contribution in [-0.2, 0) is 0 Å². The van der Waals surface area contributed by atoms with Crippen molar-refractivity contribution in [3.8, 4) is 11.5 Å². The van der Waals surface area contributed by atoms with Crippen LogP contribution in [0.3, 0.4) is 0 Å². The quantitative estimate of drug-likeness (QED) is 0.865. The number of nitrogens with zero attached hydrogens (tertiary/aromatic N) is 1. The zero-order chi connectivity index (χ0) is 13.5. The van der Waals surface area contributed by atoms with Crippen LogP contribution in [0.1, 0.15) is 6.92 Å². The molecule has 0 saturated heterocycles. The number of hydrogen-bond acceptors (Lipinski definition) is 4. The highest BCUT2D eigenvalue weighted by Gasteiger charge is 2.08. The molecule has 0 saturated carbocycles. The van der Waals surface area contributed by atoms with Crippen molar-refractivity contribution in [2.24, 2.45) is 0 Å². The summed E-state index contributed by atoms with van der Waals surface area (Å²) in [6, 6.07) is 13.4. The van der Waals surface area contributed by atoms with Crippen LogP contribution < -0.4 is 14.8 Å². The van der Waals surface area contributed by atoms with Gasteiger partial charge in [-0.1, -0.05) is 18.2 Å². The van der Waals surface area contributed by atoms with Gasteiger partial charge >= 0.3 is 0 Å². The van der Waals surface area contributed by atoms with Crippen molar-refractivity contribution in [1.29, 1.82) is 0 Å². The van der Waals surface area contributed by atoms with Gasteiger partial charge in [0.05, 0.1) is 13.7 Å². The lowest BCUT2D eigenvalue weighted by Gasteiger charge is -2.17. The van der Waals surface area contributed by atoms with Crippen LogP contribution in [0.15, 0.2) is 48.7 Å². The Morgan fingerprint density at radius 3 is 2.53 bits per heavy atom. The summed E-state index contributed by atoms with van der Waals surface area (Å²) in [5.74, 6) is 2.34. The van der Waals surface area contributed by atoms with E-state index in [2.05, 4.69) is 10.3 Å². The molecule has 4 nitrogen and oxygen atoms in total. The van der Waals surface area contributed by atoms with Crippen LogP contribution in [0, 0.1) is 0 Å². The molecule has 19 heavy (non-hydrogen) atoms. The summed E-state index contributed by atoms with van der Waals surface area (Å²) in [7, 11) is 1.64. The van der Waals surface area contributed by atoms with Gasteiger partial charge in [-0.25, -0.2) is 4.98 Å². The van der Waals surface area contributed by atoms with E-state index in [0.717, 1.165) is 17.3 Å². The fourth-order valence-electron chi connectivity index (χ4n) is 1.69. The minimum atomic E-state index is 0.0123. The lowest BCUT2D eigenvalue weighted by Crippen LogP contribution is -2.23. The highest BCUT2D eigenvalue weighted by atomic mass is 16.5. The van der Waals surface area contributed by atoms with Crippen LogP contribution in [0.5, 0.6) is 11.5 Å². The summed E-state index contributed by atoms with van der Waals surface area (Å²) in [6.07, 6.45) is 1.77. The van der Waals surface area contributed by atoms with Gasteiger partial charge in [-0.2, -0.15) is 0 Å². The molecule has 1 aromatic carbocycles. The molecule has 0 amide bonds. The Bertz CT molecular complexity index is 503. The monoisotopic (exact) mass is 258 g/mol. The Morgan fingerprint density at radius 2 is 1.84 bits per heavy atom. The predicted octanol–water partition coefficient (Wildman–Crippen LogP) is 2.97. The Labute approximate surface area is 113 Å². The lowest BCUT2D eigenvalue weighted by atomic mass is 10.3. The molecule has 0 aliphatic carbocycles. The van der Waals surface area contributed by atoms with E-state index in [1.165, 1.54) is 0 Å². The molecule has 0 unspecified atom stereocenters. The Kier molecular flexibility index (Phi) is 4.61. The second kappa shape index (κ2) is 6.64. The van der Waals surface area contributed by atoms with Crippen molar-refractivity contribution in [2.75, 3.05) is 19.0 Å². The SMILES string of the molecule is COc1ccccc1O[C@H](C)CNc1ccccn1. The predicted molar refractivity (Wildman–Crippen MR) is 75.8 cm³/mol. The van der Waals surface area contributed by atoms with Crippen molar-refractivity contribution in [2.45, 2.75) is 13.0 Å². The van der Waals surface area contributed by atoms with Gasteiger partial charge in [-0.15, -0.1) is 0 Å². The molecule has 0 spiro atoms. The van der Waals surface area contributed by atoms with Crippen LogP contribution in [0.2, 0.25) is 0 Å².